The summed E-state index contributed by atoms with van der Waals surface area (Å²) in [5.41, 5.74) is 6.63. The zero-order valence-electron chi connectivity index (χ0n) is 16.0. The first kappa shape index (κ1) is 21.9. The smallest absolute Gasteiger partial charge is 0.410 e. The van der Waals surface area contributed by atoms with Gasteiger partial charge in [0, 0.05) is 6.20 Å². The summed E-state index contributed by atoms with van der Waals surface area (Å²) < 4.78 is 5.30. The van der Waals surface area contributed by atoms with Crippen LogP contribution < -0.4 is 5.73 Å². The first-order valence-electron chi connectivity index (χ1n) is 8.43. The maximum Gasteiger partial charge on any atom is 0.410 e. The maximum absolute atomic E-state index is 11.9. The van der Waals surface area contributed by atoms with Gasteiger partial charge in [0.25, 0.3) is 0 Å². The lowest BCUT2D eigenvalue weighted by molar-refractivity contribution is 0.0240. The number of hydrogen-bond donors (Lipinski definition) is 1. The minimum atomic E-state index is -0.530. The second kappa shape index (κ2) is 9.90. The minimum absolute atomic E-state index is 0.352. The Kier molecular flexibility index (Phi) is 9.03. The van der Waals surface area contributed by atoms with Crippen molar-refractivity contribution in [1.29, 1.82) is 0 Å². The summed E-state index contributed by atoms with van der Waals surface area (Å²) in [4.78, 5) is 28.7. The molecule has 0 bridgehead atoms. The van der Waals surface area contributed by atoms with Crippen LogP contribution in [0.5, 0.6) is 0 Å². The van der Waals surface area contributed by atoms with Crippen LogP contribution in [0.4, 0.5) is 4.79 Å². The average Bonchev–Trinajstić information content (AvgIpc) is 2.91. The van der Waals surface area contributed by atoms with Crippen molar-refractivity contribution in [3.05, 3.63) is 29.1 Å². The van der Waals surface area contributed by atoms with Gasteiger partial charge in [0.15, 0.2) is 0 Å². The Bertz CT molecular complexity index is 551. The van der Waals surface area contributed by atoms with E-state index >= 15 is 0 Å². The first-order valence-corrected chi connectivity index (χ1v) is 8.43. The van der Waals surface area contributed by atoms with Crippen LogP contribution in [0.1, 0.15) is 76.5 Å². The highest BCUT2D eigenvalue weighted by Crippen LogP contribution is 2.23. The number of primary amides is 1. The van der Waals surface area contributed by atoms with E-state index in [1.54, 1.807) is 11.0 Å². The van der Waals surface area contributed by atoms with Crippen LogP contribution in [0.15, 0.2) is 12.3 Å². The highest BCUT2D eigenvalue weighted by atomic mass is 16.6. The number of rotatable bonds is 1. The van der Waals surface area contributed by atoms with Crippen molar-refractivity contribution in [2.75, 3.05) is 0 Å². The van der Waals surface area contributed by atoms with E-state index in [9.17, 15) is 9.59 Å². The molecule has 0 atom stereocenters. The van der Waals surface area contributed by atoms with E-state index in [1.807, 2.05) is 34.6 Å². The van der Waals surface area contributed by atoms with Crippen LogP contribution in [0.2, 0.25) is 0 Å². The third kappa shape index (κ3) is 6.98. The summed E-state index contributed by atoms with van der Waals surface area (Å²) in [5, 5.41) is 0. The Morgan fingerprint density at radius 3 is 2.25 bits per heavy atom. The number of ether oxygens (including phenoxy) is 1. The van der Waals surface area contributed by atoms with Gasteiger partial charge in [0.05, 0.1) is 24.3 Å². The quantitative estimate of drug-likeness (QED) is 0.843. The SMILES string of the molecule is CC.CC(C)(C)OC(=O)N1Cc2cc(C(N)=O)cnc2C1.CCC. The molecule has 136 valence electrons. The number of nitrogens with zero attached hydrogens (tertiary/aromatic N) is 2. The van der Waals surface area contributed by atoms with Crippen LogP contribution in [-0.2, 0) is 17.8 Å². The Hall–Kier alpha value is -2.11. The van der Waals surface area contributed by atoms with Crippen molar-refractivity contribution >= 4 is 12.0 Å². The van der Waals surface area contributed by atoms with Crippen LogP contribution >= 0.6 is 0 Å². The van der Waals surface area contributed by atoms with Gasteiger partial charge in [-0.1, -0.05) is 34.1 Å². The largest absolute Gasteiger partial charge is 0.444 e. The molecular formula is C18H31N3O3. The molecule has 2 heterocycles. The number of fused-ring (bicyclic) bond motifs is 1. The lowest BCUT2D eigenvalue weighted by Gasteiger charge is -2.23. The van der Waals surface area contributed by atoms with Gasteiger partial charge < -0.3 is 10.5 Å². The van der Waals surface area contributed by atoms with Gasteiger partial charge in [-0.3, -0.25) is 14.7 Å². The number of aromatic nitrogens is 1. The molecular weight excluding hydrogens is 306 g/mol. The molecule has 0 saturated carbocycles. The highest BCUT2D eigenvalue weighted by Gasteiger charge is 2.28. The zero-order valence-corrected chi connectivity index (χ0v) is 16.0. The van der Waals surface area contributed by atoms with Crippen molar-refractivity contribution in [3.63, 3.8) is 0 Å². The molecule has 1 aliphatic heterocycles. The van der Waals surface area contributed by atoms with Crippen molar-refractivity contribution < 1.29 is 14.3 Å². The summed E-state index contributed by atoms with van der Waals surface area (Å²) in [7, 11) is 0. The lowest BCUT2D eigenvalue weighted by atomic mass is 10.1. The number of amides is 2. The summed E-state index contributed by atoms with van der Waals surface area (Å²) >= 11 is 0. The lowest BCUT2D eigenvalue weighted by Crippen LogP contribution is -2.33. The molecule has 0 fully saturated rings. The van der Waals surface area contributed by atoms with E-state index < -0.39 is 11.5 Å². The van der Waals surface area contributed by atoms with Crippen molar-refractivity contribution in [3.8, 4) is 0 Å². The fraction of sp³-hybridized carbons (Fsp3) is 0.611. The van der Waals surface area contributed by atoms with Crippen molar-refractivity contribution in [2.45, 2.75) is 73.6 Å². The molecule has 1 aromatic rings. The molecule has 2 amide bonds. The highest BCUT2D eigenvalue weighted by molar-refractivity contribution is 5.92. The molecule has 0 aromatic carbocycles. The number of hydrogen-bond acceptors (Lipinski definition) is 4. The Morgan fingerprint density at radius 2 is 1.79 bits per heavy atom. The second-order valence-electron chi connectivity index (χ2n) is 6.24. The Morgan fingerprint density at radius 1 is 1.25 bits per heavy atom. The van der Waals surface area contributed by atoms with Crippen LogP contribution in [0.25, 0.3) is 0 Å². The van der Waals surface area contributed by atoms with E-state index in [0.717, 1.165) is 11.3 Å². The summed E-state index contributed by atoms with van der Waals surface area (Å²) in [6, 6.07) is 1.68. The third-order valence-corrected chi connectivity index (χ3v) is 2.70. The molecule has 2 rings (SSSR count). The van der Waals surface area contributed by atoms with Crippen LogP contribution in [0, 0.1) is 0 Å². The monoisotopic (exact) mass is 337 g/mol. The predicted molar refractivity (Wildman–Crippen MR) is 95.5 cm³/mol. The van der Waals surface area contributed by atoms with Crippen LogP contribution in [-0.4, -0.2) is 27.5 Å². The Labute approximate surface area is 145 Å². The van der Waals surface area contributed by atoms with Gasteiger partial charge in [-0.15, -0.1) is 0 Å². The van der Waals surface area contributed by atoms with E-state index in [-0.39, 0.29) is 6.09 Å². The second-order valence-corrected chi connectivity index (χ2v) is 6.24. The van der Waals surface area contributed by atoms with Crippen LogP contribution in [0.3, 0.4) is 0 Å². The van der Waals surface area contributed by atoms with E-state index in [2.05, 4.69) is 18.8 Å². The maximum atomic E-state index is 11.9. The van der Waals surface area contributed by atoms with E-state index in [4.69, 9.17) is 10.5 Å². The first-order chi connectivity index (χ1) is 11.2. The molecule has 24 heavy (non-hydrogen) atoms. The normalized spacial score (nSPS) is 12.2. The standard InChI is InChI=1S/C13H17N3O3.C3H8.C2H6/c1-13(2,3)19-12(18)16-6-9-4-8(11(14)17)5-15-10(9)7-16;1-3-2;1-2/h4-5H,6-7H2,1-3H3,(H2,14,17);3H2,1-2H3;1-2H3. The predicted octanol–water partition coefficient (Wildman–Crippen LogP) is 3.87. The minimum Gasteiger partial charge on any atom is -0.444 e. The number of nitrogens with two attached hydrogens (primary N) is 1. The van der Waals surface area contributed by atoms with Gasteiger partial charge in [-0.05, 0) is 32.4 Å². The van der Waals surface area contributed by atoms with E-state index in [1.165, 1.54) is 12.6 Å². The number of carbonyl (C=O) groups is 2. The molecule has 0 radical (unpaired) electrons. The topological polar surface area (TPSA) is 85.5 Å². The summed E-state index contributed by atoms with van der Waals surface area (Å²) in [5.74, 6) is -0.522. The van der Waals surface area contributed by atoms with Crippen molar-refractivity contribution in [1.82, 2.24) is 9.88 Å². The summed E-state index contributed by atoms with van der Waals surface area (Å²) in [6.07, 6.45) is 2.30. The molecule has 0 aliphatic carbocycles. The van der Waals surface area contributed by atoms with E-state index in [0.29, 0.717) is 18.7 Å². The molecule has 1 aromatic heterocycles. The molecule has 1 aliphatic rings. The molecule has 2 N–H and O–H groups in total. The molecule has 6 heteroatoms. The molecule has 0 saturated heterocycles. The van der Waals surface area contributed by atoms with Gasteiger partial charge in [0.2, 0.25) is 5.91 Å². The third-order valence-electron chi connectivity index (χ3n) is 2.70. The number of carbonyl (C=O) groups excluding carboxylic acids is 2. The molecule has 0 spiro atoms. The fourth-order valence-electron chi connectivity index (χ4n) is 1.85. The van der Waals surface area contributed by atoms with Gasteiger partial charge >= 0.3 is 6.09 Å². The summed E-state index contributed by atoms with van der Waals surface area (Å²) in [6.45, 7) is 14.5. The van der Waals surface area contributed by atoms with Gasteiger partial charge in [-0.25, -0.2) is 4.79 Å². The van der Waals surface area contributed by atoms with Gasteiger partial charge in [0.1, 0.15) is 5.60 Å². The van der Waals surface area contributed by atoms with Gasteiger partial charge in [-0.2, -0.15) is 0 Å². The van der Waals surface area contributed by atoms with Crippen molar-refractivity contribution in [2.24, 2.45) is 5.73 Å². The molecule has 6 nitrogen and oxygen atoms in total. The number of pyridine rings is 1. The molecule has 0 unspecified atom stereocenters. The Balaban J connectivity index is 0.000000952. The zero-order chi connectivity index (χ0) is 18.9. The fourth-order valence-corrected chi connectivity index (χ4v) is 1.85. The average molecular weight is 337 g/mol.